The highest BCUT2D eigenvalue weighted by atomic mass is 79.9. The fourth-order valence-electron chi connectivity index (χ4n) is 2.43. The molecule has 1 aromatic rings. The topological polar surface area (TPSA) is 15.3 Å². The molecule has 17 heavy (non-hydrogen) atoms. The fraction of sp³-hybridized carbons (Fsp3) is 0.571. The van der Waals surface area contributed by atoms with Gasteiger partial charge in [0, 0.05) is 17.6 Å². The highest BCUT2D eigenvalue weighted by Crippen LogP contribution is 2.31. The van der Waals surface area contributed by atoms with Gasteiger partial charge >= 0.3 is 0 Å². The van der Waals surface area contributed by atoms with E-state index in [9.17, 15) is 0 Å². The molecule has 1 aliphatic rings. The molecule has 1 aromatic carbocycles. The van der Waals surface area contributed by atoms with E-state index in [0.717, 1.165) is 19.0 Å². The van der Waals surface area contributed by atoms with Crippen molar-refractivity contribution in [3.8, 4) is 0 Å². The molecule has 0 radical (unpaired) electrons. The third-order valence-corrected chi connectivity index (χ3v) is 4.05. The summed E-state index contributed by atoms with van der Waals surface area (Å²) in [5, 5.41) is 3.45. The Morgan fingerprint density at radius 1 is 1.47 bits per heavy atom. The summed E-state index contributed by atoms with van der Waals surface area (Å²) in [5.41, 5.74) is 2.65. The molecule has 1 N–H and O–H groups in total. The summed E-state index contributed by atoms with van der Waals surface area (Å²) in [6.45, 7) is 8.88. The van der Waals surface area contributed by atoms with E-state index in [1.165, 1.54) is 35.2 Å². The molecule has 3 heteroatoms. The molecule has 0 saturated carbocycles. The van der Waals surface area contributed by atoms with Gasteiger partial charge in [-0.25, -0.2) is 0 Å². The Morgan fingerprint density at radius 2 is 2.29 bits per heavy atom. The molecule has 1 aliphatic heterocycles. The van der Waals surface area contributed by atoms with Crippen molar-refractivity contribution < 1.29 is 0 Å². The molecule has 0 spiro atoms. The molecule has 2 nitrogen and oxygen atoms in total. The van der Waals surface area contributed by atoms with Gasteiger partial charge in [0.25, 0.3) is 0 Å². The van der Waals surface area contributed by atoms with E-state index in [4.69, 9.17) is 0 Å². The first-order chi connectivity index (χ1) is 8.20. The number of nitrogens with one attached hydrogen (secondary N) is 1. The van der Waals surface area contributed by atoms with E-state index in [0.29, 0.717) is 0 Å². The Bertz CT molecular complexity index is 378. The van der Waals surface area contributed by atoms with Crippen molar-refractivity contribution in [2.75, 3.05) is 31.1 Å². The third-order valence-electron chi connectivity index (χ3n) is 3.41. The van der Waals surface area contributed by atoms with Crippen molar-refractivity contribution >= 4 is 21.6 Å². The van der Waals surface area contributed by atoms with Crippen molar-refractivity contribution in [3.05, 3.63) is 28.2 Å². The van der Waals surface area contributed by atoms with E-state index in [1.54, 1.807) is 0 Å². The van der Waals surface area contributed by atoms with Crippen LogP contribution in [-0.4, -0.2) is 26.2 Å². The largest absolute Gasteiger partial charge is 0.370 e. The molecule has 0 amide bonds. The monoisotopic (exact) mass is 296 g/mol. The number of nitrogens with zero attached hydrogens (tertiary/aromatic N) is 1. The van der Waals surface area contributed by atoms with Crippen LogP contribution in [-0.2, 0) is 0 Å². The third kappa shape index (κ3) is 3.23. The Balaban J connectivity index is 2.00. The predicted molar refractivity (Wildman–Crippen MR) is 77.7 cm³/mol. The molecule has 2 rings (SSSR count). The van der Waals surface area contributed by atoms with Crippen molar-refractivity contribution in [1.82, 2.24) is 5.32 Å². The van der Waals surface area contributed by atoms with E-state index in [2.05, 4.69) is 58.2 Å². The zero-order valence-corrected chi connectivity index (χ0v) is 12.3. The smallest absolute Gasteiger partial charge is 0.0510 e. The van der Waals surface area contributed by atoms with Gasteiger partial charge in [-0.2, -0.15) is 0 Å². The van der Waals surface area contributed by atoms with Gasteiger partial charge in [-0.05, 0) is 66.0 Å². The van der Waals surface area contributed by atoms with Crippen LogP contribution in [0.25, 0.3) is 0 Å². The Labute approximate surface area is 113 Å². The molecule has 1 unspecified atom stereocenters. The summed E-state index contributed by atoms with van der Waals surface area (Å²) in [4.78, 5) is 2.49. The average molecular weight is 297 g/mol. The lowest BCUT2D eigenvalue weighted by atomic mass is 10.1. The van der Waals surface area contributed by atoms with Gasteiger partial charge in [0.2, 0.25) is 0 Å². The summed E-state index contributed by atoms with van der Waals surface area (Å²) < 4.78 is 1.22. The number of anilines is 1. The molecule has 1 heterocycles. The van der Waals surface area contributed by atoms with Gasteiger partial charge in [0.05, 0.1) is 5.69 Å². The highest BCUT2D eigenvalue weighted by Gasteiger charge is 2.23. The molecule has 0 aliphatic carbocycles. The fourth-order valence-corrected chi connectivity index (χ4v) is 3.18. The van der Waals surface area contributed by atoms with Crippen LogP contribution in [0.1, 0.15) is 18.9 Å². The minimum absolute atomic E-state index is 0.795. The average Bonchev–Trinajstić information content (AvgIpc) is 2.75. The maximum Gasteiger partial charge on any atom is 0.0510 e. The van der Waals surface area contributed by atoms with E-state index in [1.807, 2.05) is 0 Å². The molecule has 1 saturated heterocycles. The van der Waals surface area contributed by atoms with Gasteiger partial charge in [-0.1, -0.05) is 13.0 Å². The normalized spacial score (nSPS) is 19.9. The standard InChI is InChI=1S/C14H21BrN2/c1-3-16-9-12-6-7-17(10-12)14-5-4-11(2)8-13(14)15/h4-5,8,12,16H,3,6-7,9-10H2,1-2H3. The van der Waals surface area contributed by atoms with Crippen LogP contribution in [0.4, 0.5) is 5.69 Å². The van der Waals surface area contributed by atoms with Gasteiger partial charge < -0.3 is 10.2 Å². The summed E-state index contributed by atoms with van der Waals surface area (Å²) in [7, 11) is 0. The first-order valence-corrected chi connectivity index (χ1v) is 7.22. The second kappa shape index (κ2) is 5.87. The van der Waals surface area contributed by atoms with Crippen LogP contribution in [0.3, 0.4) is 0 Å². The molecule has 0 aromatic heterocycles. The maximum atomic E-state index is 3.67. The second-order valence-electron chi connectivity index (χ2n) is 4.86. The SMILES string of the molecule is CCNCC1CCN(c2ccc(C)cc2Br)C1. The maximum absolute atomic E-state index is 3.67. The minimum Gasteiger partial charge on any atom is -0.370 e. The van der Waals surface area contributed by atoms with Crippen molar-refractivity contribution in [3.63, 3.8) is 0 Å². The predicted octanol–water partition coefficient (Wildman–Crippen LogP) is 3.19. The van der Waals surface area contributed by atoms with E-state index in [-0.39, 0.29) is 0 Å². The lowest BCUT2D eigenvalue weighted by Gasteiger charge is -2.20. The molecule has 1 fully saturated rings. The van der Waals surface area contributed by atoms with E-state index >= 15 is 0 Å². The number of rotatable bonds is 4. The summed E-state index contributed by atoms with van der Waals surface area (Å²) in [5.74, 6) is 0.795. The second-order valence-corrected chi connectivity index (χ2v) is 5.72. The van der Waals surface area contributed by atoms with Crippen LogP contribution < -0.4 is 10.2 Å². The Kier molecular flexibility index (Phi) is 4.46. The van der Waals surface area contributed by atoms with Gasteiger partial charge in [0.15, 0.2) is 0 Å². The zero-order valence-electron chi connectivity index (χ0n) is 10.7. The number of halogens is 1. The lowest BCUT2D eigenvalue weighted by Crippen LogP contribution is -2.26. The molecular weight excluding hydrogens is 276 g/mol. The summed E-state index contributed by atoms with van der Waals surface area (Å²) in [6, 6.07) is 6.62. The number of benzene rings is 1. The molecule has 94 valence electrons. The minimum atomic E-state index is 0.795. The van der Waals surface area contributed by atoms with Gasteiger partial charge in [-0.3, -0.25) is 0 Å². The number of aryl methyl sites for hydroxylation is 1. The van der Waals surface area contributed by atoms with Crippen LogP contribution in [0.15, 0.2) is 22.7 Å². The zero-order chi connectivity index (χ0) is 12.3. The van der Waals surface area contributed by atoms with Crippen molar-refractivity contribution in [1.29, 1.82) is 0 Å². The summed E-state index contributed by atoms with van der Waals surface area (Å²) >= 11 is 3.67. The van der Waals surface area contributed by atoms with Gasteiger partial charge in [-0.15, -0.1) is 0 Å². The quantitative estimate of drug-likeness (QED) is 0.918. The van der Waals surface area contributed by atoms with Crippen LogP contribution in [0.5, 0.6) is 0 Å². The Morgan fingerprint density at radius 3 is 3.00 bits per heavy atom. The van der Waals surface area contributed by atoms with Crippen LogP contribution >= 0.6 is 15.9 Å². The Hall–Kier alpha value is -0.540. The van der Waals surface area contributed by atoms with Crippen LogP contribution in [0, 0.1) is 12.8 Å². The molecule has 0 bridgehead atoms. The highest BCUT2D eigenvalue weighted by molar-refractivity contribution is 9.10. The molecular formula is C14H21BrN2. The van der Waals surface area contributed by atoms with Crippen molar-refractivity contribution in [2.45, 2.75) is 20.3 Å². The first-order valence-electron chi connectivity index (χ1n) is 6.42. The number of hydrogen-bond donors (Lipinski definition) is 1. The number of hydrogen-bond acceptors (Lipinski definition) is 2. The summed E-state index contributed by atoms with van der Waals surface area (Å²) in [6.07, 6.45) is 1.30. The van der Waals surface area contributed by atoms with Gasteiger partial charge in [0.1, 0.15) is 0 Å². The van der Waals surface area contributed by atoms with E-state index < -0.39 is 0 Å². The first kappa shape index (κ1) is 12.9. The molecule has 1 atom stereocenters. The van der Waals surface area contributed by atoms with Crippen LogP contribution in [0.2, 0.25) is 0 Å². The lowest BCUT2D eigenvalue weighted by molar-refractivity contribution is 0.528. The van der Waals surface area contributed by atoms with Crippen molar-refractivity contribution in [2.24, 2.45) is 5.92 Å².